The van der Waals surface area contributed by atoms with Gasteiger partial charge in [-0.1, -0.05) is 15.9 Å². The van der Waals surface area contributed by atoms with Gasteiger partial charge in [-0.15, -0.1) is 0 Å². The van der Waals surface area contributed by atoms with Crippen LogP contribution in [0.3, 0.4) is 0 Å². The third-order valence-electron chi connectivity index (χ3n) is 2.97. The van der Waals surface area contributed by atoms with Crippen molar-refractivity contribution in [1.29, 1.82) is 0 Å². The Morgan fingerprint density at radius 1 is 1.17 bits per heavy atom. The molecular formula is C16H15BrFN3OS. The number of thiocarbonyl (C=S) groups is 1. The highest BCUT2D eigenvalue weighted by atomic mass is 79.9. The Kier molecular flexibility index (Phi) is 6.06. The second-order valence-electron chi connectivity index (χ2n) is 4.82. The number of hydrogen-bond acceptors (Lipinski definition) is 2. The molecule has 4 nitrogen and oxygen atoms in total. The first-order valence-corrected chi connectivity index (χ1v) is 8.00. The van der Waals surface area contributed by atoms with E-state index in [0.717, 1.165) is 15.7 Å². The molecular weight excluding hydrogens is 381 g/mol. The van der Waals surface area contributed by atoms with Gasteiger partial charge in [0.05, 0.1) is 6.54 Å². The van der Waals surface area contributed by atoms with Crippen molar-refractivity contribution in [2.75, 3.05) is 17.2 Å². The van der Waals surface area contributed by atoms with Gasteiger partial charge < -0.3 is 16.0 Å². The van der Waals surface area contributed by atoms with E-state index in [1.807, 2.05) is 25.1 Å². The Balaban J connectivity index is 1.81. The molecule has 0 spiro atoms. The second-order valence-corrected chi connectivity index (χ2v) is 6.15. The smallest absolute Gasteiger partial charge is 0.243 e. The van der Waals surface area contributed by atoms with Crippen LogP contribution >= 0.6 is 28.1 Å². The quantitative estimate of drug-likeness (QED) is 0.688. The molecule has 0 aliphatic rings. The highest BCUT2D eigenvalue weighted by Crippen LogP contribution is 2.19. The molecule has 0 heterocycles. The summed E-state index contributed by atoms with van der Waals surface area (Å²) in [4.78, 5) is 11.9. The number of hydrogen-bond donors (Lipinski definition) is 3. The summed E-state index contributed by atoms with van der Waals surface area (Å²) in [6.45, 7) is 1.94. The van der Waals surface area contributed by atoms with Crippen molar-refractivity contribution in [2.24, 2.45) is 0 Å². The molecule has 0 fully saturated rings. The number of benzene rings is 2. The summed E-state index contributed by atoms with van der Waals surface area (Å²) in [6, 6.07) is 11.4. The van der Waals surface area contributed by atoms with E-state index < -0.39 is 0 Å². The number of carbonyl (C=O) groups is 1. The Bertz CT molecular complexity index is 722. The number of amides is 1. The number of rotatable bonds is 4. The molecule has 0 bridgehead atoms. The summed E-state index contributed by atoms with van der Waals surface area (Å²) < 4.78 is 13.8. The molecule has 0 radical (unpaired) electrons. The highest BCUT2D eigenvalue weighted by Gasteiger charge is 2.06. The minimum absolute atomic E-state index is 0.0303. The zero-order valence-electron chi connectivity index (χ0n) is 12.3. The van der Waals surface area contributed by atoms with Crippen LogP contribution < -0.4 is 16.0 Å². The summed E-state index contributed by atoms with van der Waals surface area (Å²) >= 11 is 8.47. The lowest BCUT2D eigenvalue weighted by Gasteiger charge is -2.12. The maximum atomic E-state index is 12.8. The number of carbonyl (C=O) groups excluding carboxylic acids is 1. The molecule has 23 heavy (non-hydrogen) atoms. The predicted octanol–water partition coefficient (Wildman–Crippen LogP) is 3.82. The van der Waals surface area contributed by atoms with Crippen molar-refractivity contribution in [1.82, 2.24) is 5.32 Å². The Morgan fingerprint density at radius 3 is 2.52 bits per heavy atom. The fraction of sp³-hybridized carbons (Fsp3) is 0.125. The van der Waals surface area contributed by atoms with E-state index in [1.165, 1.54) is 12.1 Å². The van der Waals surface area contributed by atoms with Crippen LogP contribution in [-0.4, -0.2) is 17.6 Å². The molecule has 0 saturated heterocycles. The molecule has 0 unspecified atom stereocenters. The number of anilines is 2. The minimum Gasteiger partial charge on any atom is -0.353 e. The SMILES string of the molecule is Cc1cc(Br)ccc1NC(=O)CNC(=S)Nc1ccc(F)cc1. The first-order chi connectivity index (χ1) is 10.9. The Labute approximate surface area is 147 Å². The first kappa shape index (κ1) is 17.4. The average Bonchev–Trinajstić information content (AvgIpc) is 2.50. The third kappa shape index (κ3) is 5.61. The van der Waals surface area contributed by atoms with Gasteiger partial charge in [-0.2, -0.15) is 0 Å². The van der Waals surface area contributed by atoms with Crippen LogP contribution in [-0.2, 0) is 4.79 Å². The van der Waals surface area contributed by atoms with E-state index in [0.29, 0.717) is 10.8 Å². The van der Waals surface area contributed by atoms with Crippen molar-refractivity contribution in [3.05, 3.63) is 58.3 Å². The van der Waals surface area contributed by atoms with Crippen LogP contribution in [0.1, 0.15) is 5.56 Å². The van der Waals surface area contributed by atoms with Gasteiger partial charge >= 0.3 is 0 Å². The molecule has 2 aromatic rings. The largest absolute Gasteiger partial charge is 0.353 e. The van der Waals surface area contributed by atoms with Crippen LogP contribution in [0.4, 0.5) is 15.8 Å². The molecule has 0 aliphatic heterocycles. The monoisotopic (exact) mass is 395 g/mol. The van der Waals surface area contributed by atoms with E-state index in [1.54, 1.807) is 12.1 Å². The van der Waals surface area contributed by atoms with Crippen LogP contribution in [0.15, 0.2) is 46.9 Å². The number of halogens is 2. The second kappa shape index (κ2) is 8.03. The first-order valence-electron chi connectivity index (χ1n) is 6.80. The molecule has 2 rings (SSSR count). The summed E-state index contributed by atoms with van der Waals surface area (Å²) in [5.74, 6) is -0.530. The van der Waals surface area contributed by atoms with Gasteiger partial charge in [0.2, 0.25) is 5.91 Å². The van der Waals surface area contributed by atoms with Crippen LogP contribution in [0.25, 0.3) is 0 Å². The summed E-state index contributed by atoms with van der Waals surface area (Å²) in [7, 11) is 0. The van der Waals surface area contributed by atoms with E-state index in [-0.39, 0.29) is 18.3 Å². The highest BCUT2D eigenvalue weighted by molar-refractivity contribution is 9.10. The molecule has 1 amide bonds. The zero-order valence-corrected chi connectivity index (χ0v) is 14.7. The topological polar surface area (TPSA) is 53.2 Å². The van der Waals surface area contributed by atoms with Gasteiger partial charge in [-0.3, -0.25) is 4.79 Å². The van der Waals surface area contributed by atoms with Gasteiger partial charge in [0.15, 0.2) is 5.11 Å². The third-order valence-corrected chi connectivity index (χ3v) is 3.71. The molecule has 0 aromatic heterocycles. The van der Waals surface area contributed by atoms with Crippen molar-refractivity contribution in [2.45, 2.75) is 6.92 Å². The molecule has 2 aromatic carbocycles. The van der Waals surface area contributed by atoms with Crippen molar-refractivity contribution in [3.8, 4) is 0 Å². The molecule has 120 valence electrons. The zero-order chi connectivity index (χ0) is 16.8. The lowest BCUT2D eigenvalue weighted by molar-refractivity contribution is -0.115. The number of aryl methyl sites for hydroxylation is 1. The fourth-order valence-electron chi connectivity index (χ4n) is 1.83. The fourth-order valence-corrected chi connectivity index (χ4v) is 2.50. The van der Waals surface area contributed by atoms with Gasteiger partial charge in [-0.25, -0.2) is 4.39 Å². The minimum atomic E-state index is -0.321. The van der Waals surface area contributed by atoms with E-state index >= 15 is 0 Å². The summed E-state index contributed by atoms with van der Waals surface area (Å²) in [6.07, 6.45) is 0. The lowest BCUT2D eigenvalue weighted by Crippen LogP contribution is -2.35. The van der Waals surface area contributed by atoms with Gasteiger partial charge in [0, 0.05) is 15.8 Å². The van der Waals surface area contributed by atoms with Crippen molar-refractivity contribution in [3.63, 3.8) is 0 Å². The Hall–Kier alpha value is -1.99. The van der Waals surface area contributed by atoms with Crippen LogP contribution in [0.5, 0.6) is 0 Å². The normalized spacial score (nSPS) is 10.0. The summed E-state index contributed by atoms with van der Waals surface area (Å²) in [5.41, 5.74) is 2.35. The van der Waals surface area contributed by atoms with Crippen molar-refractivity contribution < 1.29 is 9.18 Å². The predicted molar refractivity (Wildman–Crippen MR) is 98.1 cm³/mol. The maximum Gasteiger partial charge on any atom is 0.243 e. The Morgan fingerprint density at radius 2 is 1.87 bits per heavy atom. The molecule has 0 aliphatic carbocycles. The van der Waals surface area contributed by atoms with Gasteiger partial charge in [-0.05, 0) is 67.2 Å². The lowest BCUT2D eigenvalue weighted by atomic mass is 10.2. The molecule has 0 saturated carbocycles. The van der Waals surface area contributed by atoms with E-state index in [9.17, 15) is 9.18 Å². The molecule has 3 N–H and O–H groups in total. The maximum absolute atomic E-state index is 12.8. The van der Waals surface area contributed by atoms with Crippen LogP contribution in [0.2, 0.25) is 0 Å². The average molecular weight is 396 g/mol. The van der Waals surface area contributed by atoms with Gasteiger partial charge in [0.25, 0.3) is 0 Å². The summed E-state index contributed by atoms with van der Waals surface area (Å²) in [5, 5.41) is 8.77. The molecule has 7 heteroatoms. The molecule has 0 atom stereocenters. The van der Waals surface area contributed by atoms with Crippen molar-refractivity contribution >= 4 is 50.5 Å². The van der Waals surface area contributed by atoms with Gasteiger partial charge in [0.1, 0.15) is 5.82 Å². The number of nitrogens with one attached hydrogen (secondary N) is 3. The standard InChI is InChI=1S/C16H15BrFN3OS/c1-10-8-11(17)2-7-14(10)21-15(22)9-19-16(23)20-13-5-3-12(18)4-6-13/h2-8H,9H2,1H3,(H,21,22)(H2,19,20,23). The van der Waals surface area contributed by atoms with Crippen LogP contribution in [0, 0.1) is 12.7 Å². The van der Waals surface area contributed by atoms with E-state index in [2.05, 4.69) is 31.9 Å². The van der Waals surface area contributed by atoms with E-state index in [4.69, 9.17) is 12.2 Å².